The van der Waals surface area contributed by atoms with Crippen LogP contribution in [-0.2, 0) is 13.6 Å². The number of nitrogens with zero attached hydrogens (tertiary/aromatic N) is 6. The topological polar surface area (TPSA) is 51.8 Å². The zero-order valence-corrected chi connectivity index (χ0v) is 14.6. The first-order valence-corrected chi connectivity index (χ1v) is 9.39. The standard InChI is InChI=1S/C18H28N6/c1-22-17(13-23-11-9-19-14-23)20-21-18(22)15-6-5-10-24(12-15)16-7-3-2-4-8-16/h9,11,14-16H,2-8,10,12-13H2,1H3/t15-/m0/s1. The summed E-state index contributed by atoms with van der Waals surface area (Å²) in [6, 6.07) is 0.806. The van der Waals surface area contributed by atoms with Crippen molar-refractivity contribution in [2.45, 2.75) is 63.5 Å². The molecule has 130 valence electrons. The quantitative estimate of drug-likeness (QED) is 0.865. The van der Waals surface area contributed by atoms with E-state index in [0.717, 1.165) is 30.8 Å². The van der Waals surface area contributed by atoms with Gasteiger partial charge in [-0.15, -0.1) is 10.2 Å². The second-order valence-corrected chi connectivity index (χ2v) is 7.39. The highest BCUT2D eigenvalue weighted by Gasteiger charge is 2.30. The third-order valence-corrected chi connectivity index (χ3v) is 5.79. The fourth-order valence-electron chi connectivity index (χ4n) is 4.41. The number of hydrogen-bond donors (Lipinski definition) is 0. The van der Waals surface area contributed by atoms with E-state index in [0.29, 0.717) is 5.92 Å². The Morgan fingerprint density at radius 3 is 2.75 bits per heavy atom. The van der Waals surface area contributed by atoms with Crippen molar-refractivity contribution in [3.05, 3.63) is 30.4 Å². The van der Waals surface area contributed by atoms with Crippen molar-refractivity contribution in [2.75, 3.05) is 13.1 Å². The molecule has 0 N–H and O–H groups in total. The average Bonchev–Trinajstić information content (AvgIpc) is 3.27. The van der Waals surface area contributed by atoms with E-state index >= 15 is 0 Å². The van der Waals surface area contributed by atoms with Gasteiger partial charge in [0.1, 0.15) is 5.82 Å². The molecule has 2 aromatic heterocycles. The predicted molar refractivity (Wildman–Crippen MR) is 92.8 cm³/mol. The maximum atomic E-state index is 4.55. The van der Waals surface area contributed by atoms with Crippen molar-refractivity contribution in [3.8, 4) is 0 Å². The van der Waals surface area contributed by atoms with E-state index in [1.54, 1.807) is 6.20 Å². The van der Waals surface area contributed by atoms with Crippen LogP contribution in [0.25, 0.3) is 0 Å². The summed E-state index contributed by atoms with van der Waals surface area (Å²) in [7, 11) is 2.11. The summed E-state index contributed by atoms with van der Waals surface area (Å²) < 4.78 is 4.25. The summed E-state index contributed by atoms with van der Waals surface area (Å²) in [6.07, 6.45) is 15.1. The number of hydrogen-bond acceptors (Lipinski definition) is 4. The maximum Gasteiger partial charge on any atom is 0.152 e. The Hall–Kier alpha value is -1.69. The number of imidazole rings is 1. The molecule has 2 aliphatic rings. The number of rotatable bonds is 4. The Morgan fingerprint density at radius 2 is 1.96 bits per heavy atom. The Kier molecular flexibility index (Phi) is 4.65. The van der Waals surface area contributed by atoms with E-state index in [1.807, 2.05) is 17.1 Å². The molecule has 0 radical (unpaired) electrons. The molecule has 1 aliphatic carbocycles. The lowest BCUT2D eigenvalue weighted by molar-refractivity contribution is 0.116. The van der Waals surface area contributed by atoms with Crippen LogP contribution in [0, 0.1) is 0 Å². The van der Waals surface area contributed by atoms with Crippen LogP contribution in [0.4, 0.5) is 0 Å². The Bertz CT molecular complexity index is 641. The molecular formula is C18H28N6. The lowest BCUT2D eigenvalue weighted by atomic mass is 9.90. The van der Waals surface area contributed by atoms with Crippen molar-refractivity contribution in [3.63, 3.8) is 0 Å². The fourth-order valence-corrected chi connectivity index (χ4v) is 4.41. The second-order valence-electron chi connectivity index (χ2n) is 7.39. The van der Waals surface area contributed by atoms with Gasteiger partial charge in [0.2, 0.25) is 0 Å². The Morgan fingerprint density at radius 1 is 1.08 bits per heavy atom. The van der Waals surface area contributed by atoms with E-state index in [9.17, 15) is 0 Å². The number of likely N-dealkylation sites (tertiary alicyclic amines) is 1. The molecule has 0 spiro atoms. The van der Waals surface area contributed by atoms with Gasteiger partial charge in [-0.05, 0) is 32.2 Å². The third kappa shape index (κ3) is 3.24. The van der Waals surface area contributed by atoms with Crippen LogP contribution in [0.5, 0.6) is 0 Å². The monoisotopic (exact) mass is 328 g/mol. The molecule has 1 saturated heterocycles. The molecule has 4 rings (SSSR count). The van der Waals surface area contributed by atoms with Gasteiger partial charge < -0.3 is 9.13 Å². The van der Waals surface area contributed by atoms with E-state index in [2.05, 4.69) is 31.7 Å². The van der Waals surface area contributed by atoms with Gasteiger partial charge in [-0.2, -0.15) is 0 Å². The van der Waals surface area contributed by atoms with Gasteiger partial charge in [0.05, 0.1) is 12.9 Å². The van der Waals surface area contributed by atoms with Crippen molar-refractivity contribution in [1.29, 1.82) is 0 Å². The minimum absolute atomic E-state index is 0.523. The molecule has 6 nitrogen and oxygen atoms in total. The zero-order valence-electron chi connectivity index (χ0n) is 14.6. The first-order chi connectivity index (χ1) is 11.8. The van der Waals surface area contributed by atoms with Gasteiger partial charge in [-0.25, -0.2) is 4.98 Å². The SMILES string of the molecule is Cn1c(Cn2ccnc2)nnc1[C@H]1CCCN(C2CCCCC2)C1. The summed E-state index contributed by atoms with van der Waals surface area (Å²) in [4.78, 5) is 6.84. The minimum Gasteiger partial charge on any atom is -0.330 e. The summed E-state index contributed by atoms with van der Waals surface area (Å²) in [5.74, 6) is 2.69. The highest BCUT2D eigenvalue weighted by Crippen LogP contribution is 2.31. The molecule has 3 heterocycles. The lowest BCUT2D eigenvalue weighted by Crippen LogP contribution is -2.43. The van der Waals surface area contributed by atoms with Gasteiger partial charge >= 0.3 is 0 Å². The molecule has 6 heteroatoms. The first-order valence-electron chi connectivity index (χ1n) is 9.39. The predicted octanol–water partition coefficient (Wildman–Crippen LogP) is 2.57. The molecule has 1 saturated carbocycles. The van der Waals surface area contributed by atoms with Crippen molar-refractivity contribution < 1.29 is 0 Å². The van der Waals surface area contributed by atoms with E-state index in [-0.39, 0.29) is 0 Å². The summed E-state index contributed by atoms with van der Waals surface area (Å²) in [5.41, 5.74) is 0. The number of aromatic nitrogens is 5. The molecule has 2 aromatic rings. The summed E-state index contributed by atoms with van der Waals surface area (Å²) in [5, 5.41) is 9.00. The lowest BCUT2D eigenvalue weighted by Gasteiger charge is -2.39. The normalized spacial score (nSPS) is 23.6. The highest BCUT2D eigenvalue weighted by atomic mass is 15.3. The summed E-state index contributed by atoms with van der Waals surface area (Å²) >= 11 is 0. The molecule has 1 atom stereocenters. The van der Waals surface area contributed by atoms with E-state index < -0.39 is 0 Å². The average molecular weight is 328 g/mol. The van der Waals surface area contributed by atoms with Crippen LogP contribution < -0.4 is 0 Å². The molecule has 0 aromatic carbocycles. The van der Waals surface area contributed by atoms with Crippen LogP contribution >= 0.6 is 0 Å². The smallest absolute Gasteiger partial charge is 0.152 e. The third-order valence-electron chi connectivity index (χ3n) is 5.79. The second kappa shape index (κ2) is 7.05. The van der Waals surface area contributed by atoms with Gasteiger partial charge in [-0.3, -0.25) is 4.90 Å². The van der Waals surface area contributed by atoms with Gasteiger partial charge in [0.25, 0.3) is 0 Å². The van der Waals surface area contributed by atoms with Crippen LogP contribution in [0.3, 0.4) is 0 Å². The molecule has 2 fully saturated rings. The Labute approximate surface area is 143 Å². The van der Waals surface area contributed by atoms with Crippen LogP contribution in [-0.4, -0.2) is 48.3 Å². The molecule has 0 bridgehead atoms. The maximum absolute atomic E-state index is 4.55. The largest absolute Gasteiger partial charge is 0.330 e. The number of piperidine rings is 1. The molecular weight excluding hydrogens is 300 g/mol. The van der Waals surface area contributed by atoms with Crippen LogP contribution in [0.2, 0.25) is 0 Å². The van der Waals surface area contributed by atoms with Gasteiger partial charge in [0.15, 0.2) is 5.82 Å². The fraction of sp³-hybridized carbons (Fsp3) is 0.722. The molecule has 0 amide bonds. The van der Waals surface area contributed by atoms with E-state index in [4.69, 9.17) is 0 Å². The first kappa shape index (κ1) is 15.8. The van der Waals surface area contributed by atoms with Crippen molar-refractivity contribution in [1.82, 2.24) is 29.2 Å². The van der Waals surface area contributed by atoms with Crippen molar-refractivity contribution in [2.24, 2.45) is 7.05 Å². The molecule has 24 heavy (non-hydrogen) atoms. The van der Waals surface area contributed by atoms with Crippen molar-refractivity contribution >= 4 is 0 Å². The van der Waals surface area contributed by atoms with Gasteiger partial charge in [0, 0.05) is 37.9 Å². The molecule has 0 unspecified atom stereocenters. The van der Waals surface area contributed by atoms with Gasteiger partial charge in [-0.1, -0.05) is 19.3 Å². The minimum atomic E-state index is 0.523. The highest BCUT2D eigenvalue weighted by molar-refractivity contribution is 5.05. The van der Waals surface area contributed by atoms with E-state index in [1.165, 1.54) is 51.5 Å². The zero-order chi connectivity index (χ0) is 16.4. The van der Waals surface area contributed by atoms with Crippen LogP contribution in [0.1, 0.15) is 62.5 Å². The Balaban J connectivity index is 1.46. The summed E-state index contributed by atoms with van der Waals surface area (Å²) in [6.45, 7) is 3.16. The molecule has 1 aliphatic heterocycles. The van der Waals surface area contributed by atoms with Crippen LogP contribution in [0.15, 0.2) is 18.7 Å².